The van der Waals surface area contributed by atoms with E-state index in [9.17, 15) is 14.4 Å². The minimum atomic E-state index is -0.805. The molecule has 1 saturated heterocycles. The van der Waals surface area contributed by atoms with Crippen LogP contribution in [0.15, 0.2) is 53.4 Å². The predicted molar refractivity (Wildman–Crippen MR) is 113 cm³/mol. The third kappa shape index (κ3) is 4.30. The molecule has 2 aromatic rings. The fourth-order valence-electron chi connectivity index (χ4n) is 3.14. The maximum absolute atomic E-state index is 12.8. The zero-order valence-corrected chi connectivity index (χ0v) is 17.6. The molecule has 2 heterocycles. The molecule has 0 spiro atoms. The fraction of sp³-hybridized carbons (Fsp3) is 0.250. The molecule has 4 rings (SSSR count). The third-order valence-corrected chi connectivity index (χ3v) is 6.75. The van der Waals surface area contributed by atoms with Crippen molar-refractivity contribution in [3.63, 3.8) is 0 Å². The van der Waals surface area contributed by atoms with Gasteiger partial charge in [-0.2, -0.15) is 0 Å². The molecule has 150 valence electrons. The van der Waals surface area contributed by atoms with E-state index < -0.39 is 6.23 Å². The number of thioether (sulfide) groups is 2. The summed E-state index contributed by atoms with van der Waals surface area (Å²) in [7, 11) is 0. The lowest BCUT2D eigenvalue weighted by atomic mass is 10.2. The van der Waals surface area contributed by atoms with E-state index in [4.69, 9.17) is 16.3 Å². The van der Waals surface area contributed by atoms with Gasteiger partial charge in [-0.1, -0.05) is 53.7 Å². The summed E-state index contributed by atoms with van der Waals surface area (Å²) in [6, 6.07) is 14.4. The number of amides is 3. The van der Waals surface area contributed by atoms with Gasteiger partial charge in [-0.15, -0.1) is 11.8 Å². The van der Waals surface area contributed by atoms with Gasteiger partial charge in [-0.3, -0.25) is 14.4 Å². The Bertz CT molecular complexity index is 941. The zero-order valence-electron chi connectivity index (χ0n) is 15.2. The van der Waals surface area contributed by atoms with E-state index in [2.05, 4.69) is 0 Å². The number of fused-ring (bicyclic) bond motifs is 1. The number of halogens is 1. The van der Waals surface area contributed by atoms with Crippen molar-refractivity contribution in [2.45, 2.75) is 11.1 Å². The van der Waals surface area contributed by atoms with Gasteiger partial charge in [0.25, 0.3) is 11.1 Å². The highest BCUT2D eigenvalue weighted by Gasteiger charge is 2.37. The first kappa shape index (κ1) is 20.3. The summed E-state index contributed by atoms with van der Waals surface area (Å²) in [4.78, 5) is 40.9. The Morgan fingerprint density at radius 1 is 1.07 bits per heavy atom. The number of carbonyl (C=O) groups is 3. The van der Waals surface area contributed by atoms with Gasteiger partial charge in [0.15, 0.2) is 6.23 Å². The number of nitrogens with zero attached hydrogens (tertiary/aromatic N) is 2. The van der Waals surface area contributed by atoms with Crippen molar-refractivity contribution >= 4 is 52.2 Å². The van der Waals surface area contributed by atoms with Crippen molar-refractivity contribution in [3.05, 3.63) is 64.7 Å². The lowest BCUT2D eigenvalue weighted by Crippen LogP contribution is -2.39. The Hall–Kier alpha value is -2.00. The molecular weight excluding hydrogens is 432 g/mol. The van der Waals surface area contributed by atoms with Crippen molar-refractivity contribution in [1.82, 2.24) is 9.80 Å². The van der Waals surface area contributed by atoms with Crippen LogP contribution >= 0.6 is 35.1 Å². The number of ether oxygens (including phenoxy) is 1. The van der Waals surface area contributed by atoms with Crippen LogP contribution in [0.25, 0.3) is 0 Å². The summed E-state index contributed by atoms with van der Waals surface area (Å²) >= 11 is 8.56. The standard InChI is InChI=1S/C20H17ClN2O4S2/c21-14-6-7-16-15(10-14)18(25)22(12-29-16)8-9-27-19(13-4-2-1-3-5-13)23-17(24)11-28-20(23)26/h1-7,10,19H,8-9,11-12H2. The van der Waals surface area contributed by atoms with E-state index in [0.29, 0.717) is 28.6 Å². The lowest BCUT2D eigenvalue weighted by molar-refractivity contribution is -0.136. The summed E-state index contributed by atoms with van der Waals surface area (Å²) in [5, 5.41) is 0.195. The molecule has 0 N–H and O–H groups in total. The number of carbonyl (C=O) groups excluding carboxylic acids is 3. The smallest absolute Gasteiger partial charge is 0.291 e. The normalized spacial score (nSPS) is 17.6. The first-order valence-electron chi connectivity index (χ1n) is 8.91. The number of hydrogen-bond donors (Lipinski definition) is 0. The maximum atomic E-state index is 12.8. The summed E-state index contributed by atoms with van der Waals surface area (Å²) < 4.78 is 5.96. The first-order valence-corrected chi connectivity index (χ1v) is 11.3. The van der Waals surface area contributed by atoms with Crippen LogP contribution < -0.4 is 0 Å². The maximum Gasteiger partial charge on any atom is 0.291 e. The van der Waals surface area contributed by atoms with E-state index in [1.165, 1.54) is 0 Å². The summed E-state index contributed by atoms with van der Waals surface area (Å²) in [6.45, 7) is 0.522. The second-order valence-corrected chi connectivity index (χ2v) is 8.78. The van der Waals surface area contributed by atoms with Crippen LogP contribution in [-0.4, -0.2) is 51.6 Å². The highest BCUT2D eigenvalue weighted by molar-refractivity contribution is 8.14. The number of rotatable bonds is 6. The van der Waals surface area contributed by atoms with Crippen molar-refractivity contribution in [2.24, 2.45) is 0 Å². The Balaban J connectivity index is 1.45. The van der Waals surface area contributed by atoms with Gasteiger partial charge >= 0.3 is 0 Å². The van der Waals surface area contributed by atoms with Crippen molar-refractivity contribution < 1.29 is 19.1 Å². The van der Waals surface area contributed by atoms with E-state index >= 15 is 0 Å². The van der Waals surface area contributed by atoms with Crippen LogP contribution in [0.5, 0.6) is 0 Å². The molecule has 2 aromatic carbocycles. The second kappa shape index (κ2) is 8.79. The Kier molecular flexibility index (Phi) is 6.15. The van der Waals surface area contributed by atoms with Gasteiger partial charge < -0.3 is 9.64 Å². The van der Waals surface area contributed by atoms with Crippen LogP contribution in [0, 0.1) is 0 Å². The molecule has 3 amide bonds. The highest BCUT2D eigenvalue weighted by Crippen LogP contribution is 2.33. The summed E-state index contributed by atoms with van der Waals surface area (Å²) in [6.07, 6.45) is -0.805. The Morgan fingerprint density at radius 3 is 2.59 bits per heavy atom. The van der Waals surface area contributed by atoms with E-state index in [0.717, 1.165) is 21.6 Å². The van der Waals surface area contributed by atoms with Gasteiger partial charge in [0.1, 0.15) is 0 Å². The van der Waals surface area contributed by atoms with Gasteiger partial charge in [0, 0.05) is 22.0 Å². The Labute approximate surface area is 181 Å². The van der Waals surface area contributed by atoms with Gasteiger partial charge in [-0.05, 0) is 18.2 Å². The third-order valence-electron chi connectivity index (χ3n) is 4.58. The largest absolute Gasteiger partial charge is 0.352 e. The summed E-state index contributed by atoms with van der Waals surface area (Å²) in [5.74, 6) is 0.237. The Morgan fingerprint density at radius 2 is 1.86 bits per heavy atom. The molecule has 2 aliphatic heterocycles. The molecule has 9 heteroatoms. The molecule has 0 bridgehead atoms. The molecule has 0 aromatic heterocycles. The van der Waals surface area contributed by atoms with Crippen LogP contribution in [0.4, 0.5) is 4.79 Å². The van der Waals surface area contributed by atoms with Crippen molar-refractivity contribution in [3.8, 4) is 0 Å². The molecule has 0 radical (unpaired) electrons. The predicted octanol–water partition coefficient (Wildman–Crippen LogP) is 4.26. The number of imide groups is 1. The molecule has 0 saturated carbocycles. The van der Waals surface area contributed by atoms with E-state index in [-0.39, 0.29) is 29.4 Å². The topological polar surface area (TPSA) is 66.9 Å². The fourth-order valence-corrected chi connectivity index (χ4v) is 5.04. The number of hydrogen-bond acceptors (Lipinski definition) is 6. The van der Waals surface area contributed by atoms with Crippen molar-refractivity contribution in [1.29, 1.82) is 0 Å². The van der Waals surface area contributed by atoms with Crippen LogP contribution in [0.1, 0.15) is 22.1 Å². The molecule has 2 aliphatic rings. The minimum absolute atomic E-state index is 0.106. The highest BCUT2D eigenvalue weighted by atomic mass is 35.5. The molecule has 0 aliphatic carbocycles. The van der Waals surface area contributed by atoms with Crippen LogP contribution in [0.3, 0.4) is 0 Å². The SMILES string of the molecule is O=C1c2cc(Cl)ccc2SCN1CCOC(c1ccccc1)N1C(=O)CSC1=O. The average Bonchev–Trinajstić information content (AvgIpc) is 3.06. The molecular formula is C20H17ClN2O4S2. The molecule has 29 heavy (non-hydrogen) atoms. The molecule has 1 unspecified atom stereocenters. The molecule has 1 atom stereocenters. The van der Waals surface area contributed by atoms with Crippen LogP contribution in [0.2, 0.25) is 5.02 Å². The average molecular weight is 449 g/mol. The summed E-state index contributed by atoms with van der Waals surface area (Å²) in [5.41, 5.74) is 1.29. The van der Waals surface area contributed by atoms with E-state index in [1.54, 1.807) is 28.8 Å². The van der Waals surface area contributed by atoms with Gasteiger partial charge in [-0.25, -0.2) is 4.90 Å². The number of benzene rings is 2. The van der Waals surface area contributed by atoms with Gasteiger partial charge in [0.2, 0.25) is 5.91 Å². The minimum Gasteiger partial charge on any atom is -0.352 e. The molecule has 6 nitrogen and oxygen atoms in total. The van der Waals surface area contributed by atoms with Crippen molar-refractivity contribution in [2.75, 3.05) is 24.8 Å². The molecule has 1 fully saturated rings. The quantitative estimate of drug-likeness (QED) is 0.658. The van der Waals surface area contributed by atoms with Crippen LogP contribution in [-0.2, 0) is 9.53 Å². The van der Waals surface area contributed by atoms with E-state index in [1.807, 2.05) is 36.4 Å². The monoisotopic (exact) mass is 448 g/mol. The lowest BCUT2D eigenvalue weighted by Gasteiger charge is -2.30. The second-order valence-electron chi connectivity index (χ2n) is 6.43. The zero-order chi connectivity index (χ0) is 20.4. The first-order chi connectivity index (χ1) is 14.0. The van der Waals surface area contributed by atoms with Gasteiger partial charge in [0.05, 0.1) is 23.8 Å².